The van der Waals surface area contributed by atoms with Crippen molar-refractivity contribution in [2.75, 3.05) is 27.4 Å². The van der Waals surface area contributed by atoms with Gasteiger partial charge in [-0.1, -0.05) is 18.2 Å². The number of ether oxygens (including phenoxy) is 2. The van der Waals surface area contributed by atoms with Crippen molar-refractivity contribution in [2.24, 2.45) is 0 Å². The molecule has 0 spiro atoms. The predicted octanol–water partition coefficient (Wildman–Crippen LogP) is 1.50. The highest BCUT2D eigenvalue weighted by molar-refractivity contribution is 5.81. The van der Waals surface area contributed by atoms with Crippen molar-refractivity contribution in [3.05, 3.63) is 29.8 Å². The molecule has 1 aromatic rings. The molecule has 0 aliphatic rings. The van der Waals surface area contributed by atoms with E-state index in [-0.39, 0.29) is 18.0 Å². The first-order chi connectivity index (χ1) is 9.60. The molecule has 1 aromatic carbocycles. The van der Waals surface area contributed by atoms with Gasteiger partial charge in [-0.3, -0.25) is 10.1 Å². The molecule has 112 valence electrons. The van der Waals surface area contributed by atoms with E-state index < -0.39 is 0 Å². The summed E-state index contributed by atoms with van der Waals surface area (Å²) < 4.78 is 10.2. The van der Waals surface area contributed by atoms with E-state index in [1.54, 1.807) is 14.2 Å². The number of nitrogens with one attached hydrogen (secondary N) is 2. The van der Waals surface area contributed by atoms with Crippen LogP contribution in [-0.4, -0.2) is 39.3 Å². The fourth-order valence-corrected chi connectivity index (χ4v) is 1.99. The number of benzene rings is 1. The molecule has 0 aromatic heterocycles. The average molecular weight is 280 g/mol. The van der Waals surface area contributed by atoms with Crippen LogP contribution in [0.5, 0.6) is 5.75 Å². The van der Waals surface area contributed by atoms with Gasteiger partial charge in [0.25, 0.3) is 0 Å². The Labute approximate surface area is 120 Å². The van der Waals surface area contributed by atoms with Crippen molar-refractivity contribution in [3.8, 4) is 5.75 Å². The van der Waals surface area contributed by atoms with E-state index in [9.17, 15) is 4.79 Å². The molecule has 5 heteroatoms. The quantitative estimate of drug-likeness (QED) is 0.708. The van der Waals surface area contributed by atoms with Crippen LogP contribution in [-0.2, 0) is 9.53 Å². The van der Waals surface area contributed by atoms with E-state index in [2.05, 4.69) is 10.6 Å². The average Bonchev–Trinajstić information content (AvgIpc) is 2.47. The van der Waals surface area contributed by atoms with Gasteiger partial charge in [-0.15, -0.1) is 0 Å². The van der Waals surface area contributed by atoms with Crippen LogP contribution in [0.25, 0.3) is 0 Å². The summed E-state index contributed by atoms with van der Waals surface area (Å²) in [6.45, 7) is 4.88. The third-order valence-electron chi connectivity index (χ3n) is 3.10. The SMILES string of the molecule is COCCNC(=O)C(C)NC(C)c1ccccc1OC. The molecule has 0 saturated heterocycles. The van der Waals surface area contributed by atoms with Crippen LogP contribution in [0.15, 0.2) is 24.3 Å². The summed E-state index contributed by atoms with van der Waals surface area (Å²) in [5.74, 6) is 0.781. The maximum Gasteiger partial charge on any atom is 0.236 e. The zero-order valence-corrected chi connectivity index (χ0v) is 12.6. The third-order valence-corrected chi connectivity index (χ3v) is 3.10. The van der Waals surface area contributed by atoms with E-state index in [1.165, 1.54) is 0 Å². The number of rotatable bonds is 8. The molecule has 0 aliphatic carbocycles. The lowest BCUT2D eigenvalue weighted by Gasteiger charge is -2.21. The summed E-state index contributed by atoms with van der Waals surface area (Å²) >= 11 is 0. The molecule has 0 radical (unpaired) electrons. The van der Waals surface area contributed by atoms with Crippen molar-refractivity contribution in [3.63, 3.8) is 0 Å². The first kappa shape index (κ1) is 16.5. The fourth-order valence-electron chi connectivity index (χ4n) is 1.99. The van der Waals surface area contributed by atoms with Crippen LogP contribution < -0.4 is 15.4 Å². The summed E-state index contributed by atoms with van der Waals surface area (Å²) in [5.41, 5.74) is 1.03. The monoisotopic (exact) mass is 280 g/mol. The number of carbonyl (C=O) groups excluding carboxylic acids is 1. The van der Waals surface area contributed by atoms with Gasteiger partial charge in [-0.05, 0) is 19.9 Å². The molecule has 2 atom stereocenters. The van der Waals surface area contributed by atoms with E-state index in [4.69, 9.17) is 9.47 Å². The van der Waals surface area contributed by atoms with Gasteiger partial charge in [-0.25, -0.2) is 0 Å². The van der Waals surface area contributed by atoms with Crippen LogP contribution in [0.3, 0.4) is 0 Å². The van der Waals surface area contributed by atoms with E-state index >= 15 is 0 Å². The summed E-state index contributed by atoms with van der Waals surface area (Å²) in [7, 11) is 3.25. The second-order valence-corrected chi connectivity index (χ2v) is 4.64. The first-order valence-corrected chi connectivity index (χ1v) is 6.75. The van der Waals surface area contributed by atoms with Gasteiger partial charge in [0.05, 0.1) is 19.8 Å². The lowest BCUT2D eigenvalue weighted by Crippen LogP contribution is -2.44. The maximum atomic E-state index is 11.9. The molecular formula is C15H24N2O3. The topological polar surface area (TPSA) is 59.6 Å². The normalized spacial score (nSPS) is 13.6. The Morgan fingerprint density at radius 3 is 2.60 bits per heavy atom. The summed E-state index contributed by atoms with van der Waals surface area (Å²) in [4.78, 5) is 11.9. The Bertz CT molecular complexity index is 423. The molecule has 1 amide bonds. The molecule has 0 fully saturated rings. The molecule has 2 unspecified atom stereocenters. The largest absolute Gasteiger partial charge is 0.496 e. The number of para-hydroxylation sites is 1. The highest BCUT2D eigenvalue weighted by atomic mass is 16.5. The van der Waals surface area contributed by atoms with Crippen LogP contribution in [0, 0.1) is 0 Å². The number of amides is 1. The molecular weight excluding hydrogens is 256 g/mol. The van der Waals surface area contributed by atoms with Crippen LogP contribution in [0.1, 0.15) is 25.5 Å². The van der Waals surface area contributed by atoms with Crippen LogP contribution >= 0.6 is 0 Å². The Kier molecular flexibility index (Phi) is 7.04. The smallest absolute Gasteiger partial charge is 0.236 e. The predicted molar refractivity (Wildman–Crippen MR) is 78.9 cm³/mol. The number of hydrogen-bond donors (Lipinski definition) is 2. The number of hydrogen-bond acceptors (Lipinski definition) is 4. The van der Waals surface area contributed by atoms with Crippen LogP contribution in [0.4, 0.5) is 0 Å². The van der Waals surface area contributed by atoms with E-state index in [0.29, 0.717) is 13.2 Å². The zero-order valence-electron chi connectivity index (χ0n) is 12.6. The van der Waals surface area contributed by atoms with Crippen LogP contribution in [0.2, 0.25) is 0 Å². The minimum absolute atomic E-state index is 0.0225. The maximum absolute atomic E-state index is 11.9. The van der Waals surface area contributed by atoms with Gasteiger partial charge in [0.15, 0.2) is 0 Å². The molecule has 0 aliphatic heterocycles. The molecule has 20 heavy (non-hydrogen) atoms. The van der Waals surface area contributed by atoms with Crippen molar-refractivity contribution < 1.29 is 14.3 Å². The molecule has 1 rings (SSSR count). The van der Waals surface area contributed by atoms with Gasteiger partial charge < -0.3 is 14.8 Å². The van der Waals surface area contributed by atoms with Gasteiger partial charge >= 0.3 is 0 Å². The highest BCUT2D eigenvalue weighted by Gasteiger charge is 2.17. The molecule has 5 nitrogen and oxygen atoms in total. The van der Waals surface area contributed by atoms with E-state index in [0.717, 1.165) is 11.3 Å². The molecule has 0 heterocycles. The minimum atomic E-state index is -0.285. The Balaban J connectivity index is 2.56. The summed E-state index contributed by atoms with van der Waals surface area (Å²) in [6.07, 6.45) is 0. The van der Waals surface area contributed by atoms with Crippen molar-refractivity contribution >= 4 is 5.91 Å². The highest BCUT2D eigenvalue weighted by Crippen LogP contribution is 2.24. The third kappa shape index (κ3) is 4.83. The van der Waals surface area contributed by atoms with Crippen molar-refractivity contribution in [1.82, 2.24) is 10.6 Å². The zero-order chi connectivity index (χ0) is 15.0. The van der Waals surface area contributed by atoms with Crippen molar-refractivity contribution in [1.29, 1.82) is 0 Å². The Hall–Kier alpha value is -1.59. The minimum Gasteiger partial charge on any atom is -0.496 e. The Morgan fingerprint density at radius 1 is 1.25 bits per heavy atom. The van der Waals surface area contributed by atoms with Gasteiger partial charge in [0.2, 0.25) is 5.91 Å². The van der Waals surface area contributed by atoms with Gasteiger partial charge in [-0.2, -0.15) is 0 Å². The van der Waals surface area contributed by atoms with Crippen molar-refractivity contribution in [2.45, 2.75) is 25.9 Å². The standard InChI is InChI=1S/C15H24N2O3/c1-11(13-7-5-6-8-14(13)20-4)17-12(2)15(18)16-9-10-19-3/h5-8,11-12,17H,9-10H2,1-4H3,(H,16,18). The second kappa shape index (κ2) is 8.55. The number of carbonyl (C=O) groups is 1. The molecule has 0 saturated carbocycles. The summed E-state index contributed by atoms with van der Waals surface area (Å²) in [5, 5.41) is 6.08. The lowest BCUT2D eigenvalue weighted by atomic mass is 10.1. The Morgan fingerprint density at radius 2 is 1.95 bits per heavy atom. The van der Waals surface area contributed by atoms with Gasteiger partial charge in [0.1, 0.15) is 5.75 Å². The molecule has 0 bridgehead atoms. The van der Waals surface area contributed by atoms with E-state index in [1.807, 2.05) is 38.1 Å². The first-order valence-electron chi connectivity index (χ1n) is 6.75. The molecule has 2 N–H and O–H groups in total. The van der Waals surface area contributed by atoms with Gasteiger partial charge in [0, 0.05) is 25.3 Å². The number of methoxy groups -OCH3 is 2. The fraction of sp³-hybridized carbons (Fsp3) is 0.533. The lowest BCUT2D eigenvalue weighted by molar-refractivity contribution is -0.123. The summed E-state index contributed by atoms with van der Waals surface area (Å²) in [6, 6.07) is 7.53. The second-order valence-electron chi connectivity index (χ2n) is 4.64.